The molecule has 0 amide bonds. The van der Waals surface area contributed by atoms with Crippen LogP contribution in [0.4, 0.5) is 5.69 Å². The predicted octanol–water partition coefficient (Wildman–Crippen LogP) is 3.49. The minimum absolute atomic E-state index is 0.667. The summed E-state index contributed by atoms with van der Waals surface area (Å²) in [5.41, 5.74) is 8.50. The van der Waals surface area contributed by atoms with Gasteiger partial charge in [0, 0.05) is 23.6 Å². The van der Waals surface area contributed by atoms with E-state index in [1.165, 1.54) is 11.3 Å². The van der Waals surface area contributed by atoms with Crippen LogP contribution >= 0.6 is 11.3 Å². The number of aromatic nitrogens is 3. The average Bonchev–Trinajstić information content (AvgIpc) is 2.90. The molecule has 4 aromatic rings. The molecule has 0 aliphatic rings. The third kappa shape index (κ3) is 1.71. The molecule has 0 spiro atoms. The van der Waals surface area contributed by atoms with Crippen molar-refractivity contribution < 1.29 is 0 Å². The normalized spacial score (nSPS) is 11.2. The fourth-order valence-electron chi connectivity index (χ4n) is 2.24. The van der Waals surface area contributed by atoms with Crippen molar-refractivity contribution in [3.05, 3.63) is 48.8 Å². The summed E-state index contributed by atoms with van der Waals surface area (Å²) in [4.78, 5) is 13.8. The second kappa shape index (κ2) is 4.25. The van der Waals surface area contributed by atoms with Crippen molar-refractivity contribution in [1.82, 2.24) is 15.0 Å². The highest BCUT2D eigenvalue weighted by Crippen LogP contribution is 2.34. The van der Waals surface area contributed by atoms with Gasteiger partial charge < -0.3 is 5.73 Å². The zero-order chi connectivity index (χ0) is 13.5. The van der Waals surface area contributed by atoms with Crippen molar-refractivity contribution in [3.63, 3.8) is 0 Å². The van der Waals surface area contributed by atoms with Crippen LogP contribution in [0.3, 0.4) is 0 Å². The number of fused-ring (bicyclic) bond motifs is 2. The van der Waals surface area contributed by atoms with Crippen LogP contribution in [0.5, 0.6) is 0 Å². The maximum Gasteiger partial charge on any atom is 0.190 e. The molecule has 0 aliphatic carbocycles. The first-order valence-corrected chi connectivity index (χ1v) is 6.99. The molecule has 0 atom stereocenters. The Hall–Kier alpha value is -2.53. The van der Waals surface area contributed by atoms with Crippen molar-refractivity contribution in [2.24, 2.45) is 0 Å². The summed E-state index contributed by atoms with van der Waals surface area (Å²) < 4.78 is 0. The highest BCUT2D eigenvalue weighted by molar-refractivity contribution is 7.21. The van der Waals surface area contributed by atoms with Crippen molar-refractivity contribution in [2.75, 3.05) is 5.73 Å². The van der Waals surface area contributed by atoms with E-state index in [9.17, 15) is 0 Å². The van der Waals surface area contributed by atoms with E-state index in [1.807, 2.05) is 18.2 Å². The highest BCUT2D eigenvalue weighted by atomic mass is 32.1. The van der Waals surface area contributed by atoms with Gasteiger partial charge in [-0.15, -0.1) is 0 Å². The summed E-state index contributed by atoms with van der Waals surface area (Å²) in [6.45, 7) is 0. The molecule has 2 aromatic heterocycles. The van der Waals surface area contributed by atoms with Gasteiger partial charge >= 0.3 is 0 Å². The lowest BCUT2D eigenvalue weighted by Gasteiger charge is -2.05. The van der Waals surface area contributed by atoms with Crippen LogP contribution < -0.4 is 5.73 Å². The molecule has 0 aliphatic heterocycles. The lowest BCUT2D eigenvalue weighted by atomic mass is 10.1. The molecule has 0 radical (unpaired) electrons. The van der Waals surface area contributed by atoms with Crippen LogP contribution in [0.25, 0.3) is 31.8 Å². The van der Waals surface area contributed by atoms with Gasteiger partial charge in [-0.05, 0) is 22.9 Å². The molecule has 0 saturated carbocycles. The zero-order valence-electron chi connectivity index (χ0n) is 10.4. The van der Waals surface area contributed by atoms with Crippen molar-refractivity contribution in [1.29, 1.82) is 0 Å². The summed E-state index contributed by atoms with van der Waals surface area (Å²) in [6.07, 6.45) is 3.32. The molecular formula is C15H10N4S. The third-order valence-electron chi connectivity index (χ3n) is 3.20. The van der Waals surface area contributed by atoms with Gasteiger partial charge in [0.15, 0.2) is 10.5 Å². The first-order valence-electron chi connectivity index (χ1n) is 6.17. The maximum atomic E-state index is 6.17. The molecule has 96 valence electrons. The molecule has 0 bridgehead atoms. The summed E-state index contributed by atoms with van der Waals surface area (Å²) in [7, 11) is 0. The lowest BCUT2D eigenvalue weighted by molar-refractivity contribution is 1.26. The van der Waals surface area contributed by atoms with E-state index in [0.29, 0.717) is 5.65 Å². The second-order valence-electron chi connectivity index (χ2n) is 4.49. The number of rotatable bonds is 1. The largest absolute Gasteiger partial charge is 0.398 e. The van der Waals surface area contributed by atoms with E-state index in [0.717, 1.165) is 31.9 Å². The number of anilines is 1. The second-order valence-corrected chi connectivity index (χ2v) is 5.47. The Balaban J connectivity index is 1.98. The van der Waals surface area contributed by atoms with E-state index in [2.05, 4.69) is 33.2 Å². The zero-order valence-corrected chi connectivity index (χ0v) is 11.3. The topological polar surface area (TPSA) is 64.7 Å². The minimum atomic E-state index is 0.667. The van der Waals surface area contributed by atoms with Gasteiger partial charge in [0.2, 0.25) is 0 Å². The number of hydrogen-bond donors (Lipinski definition) is 1. The molecule has 4 nitrogen and oxygen atoms in total. The van der Waals surface area contributed by atoms with Crippen LogP contribution in [0.15, 0.2) is 48.8 Å². The molecule has 20 heavy (non-hydrogen) atoms. The maximum absolute atomic E-state index is 6.17. The van der Waals surface area contributed by atoms with Gasteiger partial charge in [0.1, 0.15) is 5.01 Å². The third-order valence-corrected chi connectivity index (χ3v) is 4.18. The van der Waals surface area contributed by atoms with Gasteiger partial charge in [0.25, 0.3) is 0 Å². The Morgan fingerprint density at radius 3 is 2.50 bits per heavy atom. The molecule has 0 fully saturated rings. The van der Waals surface area contributed by atoms with E-state index in [-0.39, 0.29) is 0 Å². The molecule has 4 rings (SSSR count). The van der Waals surface area contributed by atoms with Crippen molar-refractivity contribution in [3.8, 4) is 10.6 Å². The summed E-state index contributed by atoms with van der Waals surface area (Å²) in [6, 6.07) is 12.2. The lowest BCUT2D eigenvalue weighted by Crippen LogP contribution is -1.90. The number of nitrogens with two attached hydrogens (primary N) is 1. The number of benzene rings is 2. The minimum Gasteiger partial charge on any atom is -0.398 e. The van der Waals surface area contributed by atoms with Gasteiger partial charge in [-0.2, -0.15) is 0 Å². The average molecular weight is 278 g/mol. The van der Waals surface area contributed by atoms with Crippen LogP contribution in [-0.2, 0) is 0 Å². The Kier molecular flexibility index (Phi) is 2.40. The fraction of sp³-hybridized carbons (Fsp3) is 0. The van der Waals surface area contributed by atoms with Gasteiger partial charge in [-0.25, -0.2) is 15.0 Å². The van der Waals surface area contributed by atoms with Gasteiger partial charge in [-0.1, -0.05) is 35.6 Å². The Bertz CT molecular complexity index is 896. The van der Waals surface area contributed by atoms with E-state index >= 15 is 0 Å². The van der Waals surface area contributed by atoms with Crippen molar-refractivity contribution in [2.45, 2.75) is 0 Å². The Morgan fingerprint density at radius 1 is 0.950 bits per heavy atom. The fourth-order valence-corrected chi connectivity index (χ4v) is 3.14. The molecule has 5 heteroatoms. The number of nitrogens with zero attached hydrogens (tertiary/aromatic N) is 3. The highest BCUT2D eigenvalue weighted by Gasteiger charge is 2.11. The molecule has 2 N–H and O–H groups in total. The number of hydrogen-bond acceptors (Lipinski definition) is 5. The quantitative estimate of drug-likeness (QED) is 0.541. The van der Waals surface area contributed by atoms with Crippen LogP contribution in [0, 0.1) is 0 Å². The van der Waals surface area contributed by atoms with E-state index in [4.69, 9.17) is 5.73 Å². The monoisotopic (exact) mass is 278 g/mol. The smallest absolute Gasteiger partial charge is 0.190 e. The predicted molar refractivity (Wildman–Crippen MR) is 82.6 cm³/mol. The van der Waals surface area contributed by atoms with Crippen LogP contribution in [0.2, 0.25) is 0 Å². The molecule has 2 aromatic carbocycles. The van der Waals surface area contributed by atoms with Crippen molar-refractivity contribution >= 4 is 38.3 Å². The van der Waals surface area contributed by atoms with E-state index < -0.39 is 0 Å². The molecular weight excluding hydrogens is 268 g/mol. The number of nitrogen functional groups attached to an aromatic ring is 1. The summed E-state index contributed by atoms with van der Waals surface area (Å²) in [5.74, 6) is 0. The summed E-state index contributed by atoms with van der Waals surface area (Å²) >= 11 is 1.51. The molecule has 0 saturated heterocycles. The summed E-state index contributed by atoms with van der Waals surface area (Å²) in [5, 5.41) is 3.14. The molecule has 0 unspecified atom stereocenters. The van der Waals surface area contributed by atoms with Crippen LogP contribution in [-0.4, -0.2) is 15.0 Å². The van der Waals surface area contributed by atoms with Gasteiger partial charge in [0.05, 0.1) is 0 Å². The van der Waals surface area contributed by atoms with E-state index in [1.54, 1.807) is 12.4 Å². The standard InChI is InChI=1S/C15H10N4S/c16-12-8-10-4-2-1-3-9(10)7-11(12)14-19-13-15(20-14)18-6-5-17-13/h1-8H,16H2. The first kappa shape index (κ1) is 11.3. The number of thiazole rings is 1. The van der Waals surface area contributed by atoms with Crippen LogP contribution in [0.1, 0.15) is 0 Å². The molecule has 2 heterocycles. The SMILES string of the molecule is Nc1cc2ccccc2cc1-c1nc2nccnc2s1. The first-order chi connectivity index (χ1) is 9.81. The van der Waals surface area contributed by atoms with Gasteiger partial charge in [-0.3, -0.25) is 0 Å². The Labute approximate surface area is 118 Å². The Morgan fingerprint density at radius 2 is 1.70 bits per heavy atom.